The molecule has 0 aliphatic carbocycles. The molecule has 0 bridgehead atoms. The van der Waals surface area contributed by atoms with Gasteiger partial charge in [-0.2, -0.15) is 0 Å². The minimum absolute atomic E-state index is 0.170. The van der Waals surface area contributed by atoms with Gasteiger partial charge in [-0.1, -0.05) is 6.92 Å². The van der Waals surface area contributed by atoms with Crippen LogP contribution in [-0.2, 0) is 0 Å². The highest BCUT2D eigenvalue weighted by atomic mass is 79.9. The van der Waals surface area contributed by atoms with E-state index in [0.717, 1.165) is 4.47 Å². The second-order valence-electron chi connectivity index (χ2n) is 2.92. The van der Waals surface area contributed by atoms with Crippen LogP contribution in [0.4, 0.5) is 14.6 Å². The maximum atomic E-state index is 12.8. The smallest absolute Gasteiger partial charge is 0.264 e. The number of pyridine rings is 1. The zero-order chi connectivity index (χ0) is 10.6. The first-order chi connectivity index (χ1) is 6.53. The molecule has 1 rings (SSSR count). The Morgan fingerprint density at radius 1 is 1.50 bits per heavy atom. The first-order valence-corrected chi connectivity index (χ1v) is 5.06. The van der Waals surface area contributed by atoms with Crippen LogP contribution in [-0.4, -0.2) is 17.5 Å². The molecule has 0 spiro atoms. The molecule has 0 amide bonds. The summed E-state index contributed by atoms with van der Waals surface area (Å²) in [6.45, 7) is 1.08. The third kappa shape index (κ3) is 3.57. The number of aromatic nitrogens is 1. The first-order valence-electron chi connectivity index (χ1n) is 4.27. The Morgan fingerprint density at radius 2 is 2.21 bits per heavy atom. The molecule has 1 N–H and O–H groups in total. The third-order valence-corrected chi connectivity index (χ3v) is 2.24. The highest BCUT2D eigenvalue weighted by Crippen LogP contribution is 2.18. The van der Waals surface area contributed by atoms with Crippen LogP contribution in [0.2, 0.25) is 0 Å². The predicted octanol–water partition coefficient (Wildman–Crippen LogP) is 3.30. The maximum Gasteiger partial charge on any atom is 0.264 e. The average Bonchev–Trinajstić information content (AvgIpc) is 2.17. The number of halogens is 3. The van der Waals surface area contributed by atoms with Crippen LogP contribution in [0.25, 0.3) is 0 Å². The molecule has 2 nitrogen and oxygen atoms in total. The molecule has 0 aliphatic rings. The summed E-state index contributed by atoms with van der Waals surface area (Å²) in [6.07, 6.45) is 1.39. The Hall–Kier alpha value is -0.710. The summed E-state index contributed by atoms with van der Waals surface area (Å²) in [5.41, 5.74) is 0. The van der Waals surface area contributed by atoms with Gasteiger partial charge in [-0.05, 0) is 28.1 Å². The minimum Gasteiger partial charge on any atom is -0.364 e. The van der Waals surface area contributed by atoms with Gasteiger partial charge in [0.05, 0.1) is 6.54 Å². The van der Waals surface area contributed by atoms with Crippen LogP contribution < -0.4 is 5.32 Å². The molecule has 0 aromatic carbocycles. The van der Waals surface area contributed by atoms with Crippen molar-refractivity contribution in [1.82, 2.24) is 4.98 Å². The quantitative estimate of drug-likeness (QED) is 0.903. The monoisotopic (exact) mass is 264 g/mol. The lowest BCUT2D eigenvalue weighted by molar-refractivity contribution is 0.0115. The number of anilines is 1. The van der Waals surface area contributed by atoms with Gasteiger partial charge in [0.25, 0.3) is 5.92 Å². The molecule has 1 aromatic rings. The fourth-order valence-electron chi connectivity index (χ4n) is 0.825. The van der Waals surface area contributed by atoms with E-state index in [4.69, 9.17) is 0 Å². The number of nitrogens with one attached hydrogen (secondary N) is 1. The van der Waals surface area contributed by atoms with Crippen molar-refractivity contribution < 1.29 is 8.78 Å². The summed E-state index contributed by atoms with van der Waals surface area (Å²) >= 11 is 3.21. The van der Waals surface area contributed by atoms with Crippen molar-refractivity contribution in [3.8, 4) is 0 Å². The van der Waals surface area contributed by atoms with Crippen molar-refractivity contribution in [2.45, 2.75) is 19.3 Å². The molecule has 1 heterocycles. The lowest BCUT2D eigenvalue weighted by Gasteiger charge is -2.14. The van der Waals surface area contributed by atoms with Gasteiger partial charge in [-0.25, -0.2) is 13.8 Å². The van der Waals surface area contributed by atoms with Crippen molar-refractivity contribution >= 4 is 21.7 Å². The molecule has 0 saturated carbocycles. The Labute approximate surface area is 89.9 Å². The van der Waals surface area contributed by atoms with E-state index in [1.807, 2.05) is 0 Å². The number of hydrogen-bond donors (Lipinski definition) is 1. The van der Waals surface area contributed by atoms with Crippen LogP contribution in [0, 0.1) is 0 Å². The molecule has 0 unspecified atom stereocenters. The Kier molecular flexibility index (Phi) is 3.80. The summed E-state index contributed by atoms with van der Waals surface area (Å²) < 4.78 is 26.5. The van der Waals surface area contributed by atoms with Gasteiger partial charge in [0.15, 0.2) is 0 Å². The molecular weight excluding hydrogens is 254 g/mol. The molecule has 1 aromatic heterocycles. The number of hydrogen-bond acceptors (Lipinski definition) is 2. The fraction of sp³-hybridized carbons (Fsp3) is 0.444. The zero-order valence-corrected chi connectivity index (χ0v) is 9.31. The van der Waals surface area contributed by atoms with Crippen LogP contribution in [0.5, 0.6) is 0 Å². The van der Waals surface area contributed by atoms with E-state index >= 15 is 0 Å². The van der Waals surface area contributed by atoms with E-state index in [9.17, 15) is 8.78 Å². The summed E-state index contributed by atoms with van der Waals surface area (Å²) in [6, 6.07) is 3.40. The highest BCUT2D eigenvalue weighted by Gasteiger charge is 2.25. The zero-order valence-electron chi connectivity index (χ0n) is 7.73. The lowest BCUT2D eigenvalue weighted by Crippen LogP contribution is -2.26. The van der Waals surface area contributed by atoms with E-state index in [1.165, 1.54) is 6.92 Å². The van der Waals surface area contributed by atoms with E-state index in [2.05, 4.69) is 26.2 Å². The standard InChI is InChI=1S/C9H11BrF2N2/c1-2-9(11,12)6-14-8-4-3-7(10)5-13-8/h3-5H,2,6H2,1H3,(H,13,14). The number of rotatable bonds is 4. The normalized spacial score (nSPS) is 11.4. The van der Waals surface area contributed by atoms with Gasteiger partial charge in [-0.15, -0.1) is 0 Å². The maximum absolute atomic E-state index is 12.8. The molecule has 0 aliphatic heterocycles. The van der Waals surface area contributed by atoms with Crippen LogP contribution in [0.15, 0.2) is 22.8 Å². The summed E-state index contributed by atoms with van der Waals surface area (Å²) in [7, 11) is 0. The number of nitrogens with zero attached hydrogens (tertiary/aromatic N) is 1. The Morgan fingerprint density at radius 3 is 2.71 bits per heavy atom. The fourth-order valence-corrected chi connectivity index (χ4v) is 1.06. The number of alkyl halides is 2. The van der Waals surface area contributed by atoms with Crippen LogP contribution in [0.3, 0.4) is 0 Å². The summed E-state index contributed by atoms with van der Waals surface area (Å²) in [4.78, 5) is 3.92. The van der Waals surface area contributed by atoms with Crippen molar-refractivity contribution in [3.63, 3.8) is 0 Å². The van der Waals surface area contributed by atoms with Gasteiger partial charge in [0, 0.05) is 17.1 Å². The topological polar surface area (TPSA) is 24.9 Å². The molecule has 0 saturated heterocycles. The van der Waals surface area contributed by atoms with Gasteiger partial charge in [-0.3, -0.25) is 0 Å². The van der Waals surface area contributed by atoms with Crippen molar-refractivity contribution in [3.05, 3.63) is 22.8 Å². The molecule has 0 atom stereocenters. The van der Waals surface area contributed by atoms with E-state index in [-0.39, 0.29) is 13.0 Å². The second kappa shape index (κ2) is 4.68. The van der Waals surface area contributed by atoms with Gasteiger partial charge in [0.1, 0.15) is 5.82 Å². The van der Waals surface area contributed by atoms with Crippen molar-refractivity contribution in [2.24, 2.45) is 0 Å². The molecular formula is C9H11BrF2N2. The minimum atomic E-state index is -2.67. The van der Waals surface area contributed by atoms with Crippen LogP contribution in [0.1, 0.15) is 13.3 Å². The van der Waals surface area contributed by atoms with E-state index < -0.39 is 5.92 Å². The Bertz CT molecular complexity index is 287. The highest BCUT2D eigenvalue weighted by molar-refractivity contribution is 9.10. The molecule has 78 valence electrons. The van der Waals surface area contributed by atoms with E-state index in [1.54, 1.807) is 18.3 Å². The van der Waals surface area contributed by atoms with E-state index in [0.29, 0.717) is 5.82 Å². The van der Waals surface area contributed by atoms with Crippen molar-refractivity contribution in [1.29, 1.82) is 0 Å². The molecule has 14 heavy (non-hydrogen) atoms. The third-order valence-electron chi connectivity index (χ3n) is 1.77. The average molecular weight is 265 g/mol. The van der Waals surface area contributed by atoms with Crippen LogP contribution >= 0.6 is 15.9 Å². The van der Waals surface area contributed by atoms with Gasteiger partial charge >= 0.3 is 0 Å². The van der Waals surface area contributed by atoms with Gasteiger partial charge in [0.2, 0.25) is 0 Å². The van der Waals surface area contributed by atoms with Crippen molar-refractivity contribution in [2.75, 3.05) is 11.9 Å². The lowest BCUT2D eigenvalue weighted by atomic mass is 10.2. The summed E-state index contributed by atoms with van der Waals surface area (Å²) in [5.74, 6) is -2.21. The summed E-state index contributed by atoms with van der Waals surface area (Å²) in [5, 5.41) is 2.58. The molecule has 5 heteroatoms. The molecule has 0 fully saturated rings. The Balaban J connectivity index is 2.50. The largest absolute Gasteiger partial charge is 0.364 e. The first kappa shape index (κ1) is 11.4. The van der Waals surface area contributed by atoms with Gasteiger partial charge < -0.3 is 5.32 Å². The second-order valence-corrected chi connectivity index (χ2v) is 3.84. The predicted molar refractivity (Wildman–Crippen MR) is 55.7 cm³/mol. The molecule has 0 radical (unpaired) electrons. The SMILES string of the molecule is CCC(F)(F)CNc1ccc(Br)cn1.